The number of nitrogens with zero attached hydrogens (tertiary/aromatic N) is 4. The minimum atomic E-state index is 0.732. The zero-order chi connectivity index (χ0) is 10.3. The first-order valence-electron chi connectivity index (χ1n) is 4.35. The van der Waals surface area contributed by atoms with Crippen LogP contribution in [0.15, 0.2) is 30.7 Å². The molecule has 0 saturated heterocycles. The summed E-state index contributed by atoms with van der Waals surface area (Å²) in [4.78, 5) is 4.77. The average Bonchev–Trinajstić information content (AvgIpc) is 2.77. The summed E-state index contributed by atoms with van der Waals surface area (Å²) in [5.74, 6) is 0.792. The highest BCUT2D eigenvalue weighted by Gasteiger charge is 2.09. The van der Waals surface area contributed by atoms with Crippen LogP contribution in [0.25, 0.3) is 16.3 Å². The van der Waals surface area contributed by atoms with E-state index in [2.05, 4.69) is 15.2 Å². The number of hydrogen-bond donors (Lipinski definition) is 1. The molecule has 0 aliphatic heterocycles. The molecule has 0 unspecified atom stereocenters. The number of rotatable bonds is 1. The molecule has 6 heteroatoms. The Labute approximate surface area is 89.2 Å². The Kier molecular flexibility index (Phi) is 1.69. The molecule has 3 heterocycles. The highest BCUT2D eigenvalue weighted by Crippen LogP contribution is 2.24. The number of hydrogen-bond acceptors (Lipinski definition) is 5. The van der Waals surface area contributed by atoms with Gasteiger partial charge >= 0.3 is 0 Å². The summed E-state index contributed by atoms with van der Waals surface area (Å²) >= 11 is 1.42. The smallest absolute Gasteiger partial charge is 0.218 e. The Morgan fingerprint density at radius 2 is 2.00 bits per heavy atom. The summed E-state index contributed by atoms with van der Waals surface area (Å²) in [6.07, 6.45) is 5.29. The second-order valence-electron chi connectivity index (χ2n) is 3.05. The van der Waals surface area contributed by atoms with E-state index < -0.39 is 0 Å². The highest BCUT2D eigenvalue weighted by molar-refractivity contribution is 7.20. The van der Waals surface area contributed by atoms with Gasteiger partial charge in [0.25, 0.3) is 0 Å². The van der Waals surface area contributed by atoms with Crippen molar-refractivity contribution < 1.29 is 0 Å². The molecular formula is C9H7N5S. The number of pyridine rings is 1. The van der Waals surface area contributed by atoms with Gasteiger partial charge in [-0.3, -0.25) is 9.38 Å². The van der Waals surface area contributed by atoms with Gasteiger partial charge in [0, 0.05) is 24.2 Å². The van der Waals surface area contributed by atoms with Crippen molar-refractivity contribution in [1.29, 1.82) is 0 Å². The van der Waals surface area contributed by atoms with Crippen molar-refractivity contribution in [1.82, 2.24) is 19.6 Å². The third kappa shape index (κ3) is 1.26. The second kappa shape index (κ2) is 3.03. The summed E-state index contributed by atoms with van der Waals surface area (Å²) in [6, 6.07) is 3.79. The van der Waals surface area contributed by atoms with Gasteiger partial charge < -0.3 is 5.73 Å². The first kappa shape index (κ1) is 8.37. The van der Waals surface area contributed by atoms with E-state index in [4.69, 9.17) is 5.73 Å². The van der Waals surface area contributed by atoms with Crippen LogP contribution in [0, 0.1) is 0 Å². The Morgan fingerprint density at radius 3 is 2.80 bits per heavy atom. The van der Waals surface area contributed by atoms with Gasteiger partial charge in [-0.05, 0) is 12.1 Å². The molecular weight excluding hydrogens is 210 g/mol. The van der Waals surface area contributed by atoms with Crippen molar-refractivity contribution >= 4 is 21.3 Å². The molecule has 15 heavy (non-hydrogen) atoms. The molecule has 0 radical (unpaired) electrons. The van der Waals surface area contributed by atoms with E-state index in [1.54, 1.807) is 12.4 Å². The lowest BCUT2D eigenvalue weighted by molar-refractivity contribution is 1.11. The Balaban J connectivity index is 2.27. The molecule has 0 amide bonds. The molecule has 3 aromatic heterocycles. The Bertz CT molecular complexity index is 597. The van der Waals surface area contributed by atoms with E-state index in [1.807, 2.05) is 22.7 Å². The predicted octanol–water partition coefficient (Wildman–Crippen LogP) is 1.43. The van der Waals surface area contributed by atoms with Crippen molar-refractivity contribution in [3.63, 3.8) is 0 Å². The van der Waals surface area contributed by atoms with Crippen LogP contribution in [0.5, 0.6) is 0 Å². The number of anilines is 1. The standard InChI is InChI=1S/C9H7N5S/c10-7-5-14-8(12-13-9(14)15-7)6-1-3-11-4-2-6/h1-5H,10H2. The van der Waals surface area contributed by atoms with Crippen molar-refractivity contribution in [2.45, 2.75) is 0 Å². The molecule has 0 aromatic carbocycles. The lowest BCUT2D eigenvalue weighted by Gasteiger charge is -1.94. The zero-order valence-corrected chi connectivity index (χ0v) is 8.48. The summed E-state index contributed by atoms with van der Waals surface area (Å²) < 4.78 is 1.88. The number of aromatic nitrogens is 4. The van der Waals surface area contributed by atoms with Gasteiger partial charge in [0.2, 0.25) is 4.96 Å². The van der Waals surface area contributed by atoms with Crippen LogP contribution in [0.3, 0.4) is 0 Å². The number of fused-ring (bicyclic) bond motifs is 1. The van der Waals surface area contributed by atoms with Gasteiger partial charge in [-0.25, -0.2) is 0 Å². The fourth-order valence-corrected chi connectivity index (χ4v) is 2.11. The van der Waals surface area contributed by atoms with E-state index in [0.717, 1.165) is 21.3 Å². The number of nitrogens with two attached hydrogens (primary N) is 1. The quantitative estimate of drug-likeness (QED) is 0.669. The van der Waals surface area contributed by atoms with E-state index in [1.165, 1.54) is 11.3 Å². The summed E-state index contributed by atoms with van der Waals surface area (Å²) in [5.41, 5.74) is 6.68. The third-order valence-corrected chi connectivity index (χ3v) is 2.87. The first-order valence-corrected chi connectivity index (χ1v) is 5.17. The maximum absolute atomic E-state index is 5.70. The fraction of sp³-hybridized carbons (Fsp3) is 0. The largest absolute Gasteiger partial charge is 0.389 e. The first-order chi connectivity index (χ1) is 7.34. The topological polar surface area (TPSA) is 69.1 Å². The van der Waals surface area contributed by atoms with Gasteiger partial charge in [0.15, 0.2) is 5.82 Å². The van der Waals surface area contributed by atoms with Crippen LogP contribution in [0.2, 0.25) is 0 Å². The lowest BCUT2D eigenvalue weighted by Crippen LogP contribution is -1.87. The van der Waals surface area contributed by atoms with Crippen LogP contribution in [-0.4, -0.2) is 19.6 Å². The molecule has 0 fully saturated rings. The maximum Gasteiger partial charge on any atom is 0.218 e. The lowest BCUT2D eigenvalue weighted by atomic mass is 10.2. The Hall–Kier alpha value is -1.95. The van der Waals surface area contributed by atoms with Gasteiger partial charge in [-0.15, -0.1) is 10.2 Å². The molecule has 5 nitrogen and oxygen atoms in total. The van der Waals surface area contributed by atoms with Crippen LogP contribution in [0.4, 0.5) is 5.00 Å². The summed E-state index contributed by atoms with van der Waals surface area (Å²) in [5, 5.41) is 8.89. The molecule has 3 aromatic rings. The summed E-state index contributed by atoms with van der Waals surface area (Å²) in [7, 11) is 0. The molecule has 0 aliphatic rings. The van der Waals surface area contributed by atoms with Crippen LogP contribution >= 0.6 is 11.3 Å². The van der Waals surface area contributed by atoms with Gasteiger partial charge in [0.05, 0.1) is 0 Å². The van der Waals surface area contributed by atoms with Gasteiger partial charge in [-0.1, -0.05) is 11.3 Å². The van der Waals surface area contributed by atoms with Crippen molar-refractivity contribution in [3.05, 3.63) is 30.7 Å². The van der Waals surface area contributed by atoms with Gasteiger partial charge in [0.1, 0.15) is 5.00 Å². The number of thiazole rings is 1. The average molecular weight is 217 g/mol. The van der Waals surface area contributed by atoms with E-state index in [0.29, 0.717) is 0 Å². The summed E-state index contributed by atoms with van der Waals surface area (Å²) in [6.45, 7) is 0. The minimum Gasteiger partial charge on any atom is -0.389 e. The van der Waals surface area contributed by atoms with Crippen LogP contribution in [-0.2, 0) is 0 Å². The molecule has 0 atom stereocenters. The zero-order valence-electron chi connectivity index (χ0n) is 7.66. The maximum atomic E-state index is 5.70. The van der Waals surface area contributed by atoms with Crippen molar-refractivity contribution in [2.24, 2.45) is 0 Å². The highest BCUT2D eigenvalue weighted by atomic mass is 32.1. The van der Waals surface area contributed by atoms with Gasteiger partial charge in [-0.2, -0.15) is 0 Å². The van der Waals surface area contributed by atoms with Crippen molar-refractivity contribution in [3.8, 4) is 11.4 Å². The molecule has 0 spiro atoms. The Morgan fingerprint density at radius 1 is 1.20 bits per heavy atom. The molecule has 2 N–H and O–H groups in total. The van der Waals surface area contributed by atoms with Crippen molar-refractivity contribution in [2.75, 3.05) is 5.73 Å². The minimum absolute atomic E-state index is 0.732. The third-order valence-electron chi connectivity index (χ3n) is 2.07. The molecule has 0 aliphatic carbocycles. The monoisotopic (exact) mass is 217 g/mol. The molecule has 3 rings (SSSR count). The predicted molar refractivity (Wildman–Crippen MR) is 58.5 cm³/mol. The fourth-order valence-electron chi connectivity index (χ4n) is 1.42. The van der Waals surface area contributed by atoms with Crippen LogP contribution < -0.4 is 5.73 Å². The molecule has 0 saturated carbocycles. The molecule has 0 bridgehead atoms. The van der Waals surface area contributed by atoms with E-state index >= 15 is 0 Å². The van der Waals surface area contributed by atoms with E-state index in [-0.39, 0.29) is 0 Å². The van der Waals surface area contributed by atoms with E-state index in [9.17, 15) is 0 Å². The SMILES string of the molecule is Nc1cn2c(-c3ccncc3)nnc2s1. The normalized spacial score (nSPS) is 10.9. The molecule has 74 valence electrons. The number of nitrogen functional groups attached to an aromatic ring is 1. The second-order valence-corrected chi connectivity index (χ2v) is 4.09. The van der Waals surface area contributed by atoms with Crippen LogP contribution in [0.1, 0.15) is 0 Å².